The summed E-state index contributed by atoms with van der Waals surface area (Å²) in [4.78, 5) is 0. The topological polar surface area (TPSA) is 18.5 Å². The minimum Gasteiger partial charge on any atom is -0.372 e. The van der Waals surface area contributed by atoms with Gasteiger partial charge in [-0.2, -0.15) is 0 Å². The molecule has 0 spiro atoms. The fourth-order valence-corrected chi connectivity index (χ4v) is 2.51. The fourth-order valence-electron chi connectivity index (χ4n) is 2.51. The molecule has 0 atom stereocenters. The lowest BCUT2D eigenvalue weighted by atomic mass is 10.1. The van der Waals surface area contributed by atoms with Crippen molar-refractivity contribution in [3.05, 3.63) is 0 Å². The van der Waals surface area contributed by atoms with Crippen LogP contribution in [0.1, 0.15) is 65.2 Å². The van der Waals surface area contributed by atoms with E-state index < -0.39 is 0 Å². The number of hydrogen-bond donors (Lipinski definition) is 0. The van der Waals surface area contributed by atoms with Crippen molar-refractivity contribution in [1.29, 1.82) is 0 Å². The van der Waals surface area contributed by atoms with E-state index in [1.807, 2.05) is 0 Å². The zero-order valence-corrected chi connectivity index (χ0v) is 10.9. The van der Waals surface area contributed by atoms with Gasteiger partial charge in [0.15, 0.2) is 0 Å². The molecule has 2 nitrogen and oxygen atoms in total. The molecule has 0 amide bonds. The lowest BCUT2D eigenvalue weighted by Gasteiger charge is -2.27. The van der Waals surface area contributed by atoms with Crippen LogP contribution < -0.4 is 0 Å². The molecule has 2 aliphatic rings. The number of unbranched alkanes of at least 4 members (excludes halogenated alkanes) is 2. The van der Waals surface area contributed by atoms with Gasteiger partial charge in [-0.05, 0) is 38.5 Å². The number of rotatable bonds is 9. The summed E-state index contributed by atoms with van der Waals surface area (Å²) in [6.07, 6.45) is 9.72. The van der Waals surface area contributed by atoms with Gasteiger partial charge in [0.2, 0.25) is 0 Å². The first-order valence-corrected chi connectivity index (χ1v) is 7.06. The molecule has 2 saturated carbocycles. The van der Waals surface area contributed by atoms with E-state index in [1.54, 1.807) is 0 Å². The Bertz CT molecular complexity index is 193. The van der Waals surface area contributed by atoms with Crippen LogP contribution in [-0.4, -0.2) is 24.4 Å². The summed E-state index contributed by atoms with van der Waals surface area (Å²) >= 11 is 0. The van der Waals surface area contributed by atoms with Crippen LogP contribution in [0.4, 0.5) is 0 Å². The second-order valence-corrected chi connectivity index (χ2v) is 5.39. The lowest BCUT2D eigenvalue weighted by molar-refractivity contribution is -0.108. The summed E-state index contributed by atoms with van der Waals surface area (Å²) in [5, 5.41) is 0. The van der Waals surface area contributed by atoms with Crippen LogP contribution in [0.25, 0.3) is 0 Å². The van der Waals surface area contributed by atoms with Crippen LogP contribution in [0, 0.1) is 0 Å². The molecule has 0 aromatic carbocycles. The van der Waals surface area contributed by atoms with Crippen LogP contribution in [0.2, 0.25) is 0 Å². The first kappa shape index (κ1) is 12.4. The molecule has 0 radical (unpaired) electrons. The van der Waals surface area contributed by atoms with Gasteiger partial charge in [0.1, 0.15) is 0 Å². The maximum atomic E-state index is 6.11. The van der Waals surface area contributed by atoms with Gasteiger partial charge in [-0.3, -0.25) is 0 Å². The Hall–Kier alpha value is -0.0800. The average molecular weight is 226 g/mol. The summed E-state index contributed by atoms with van der Waals surface area (Å²) in [7, 11) is 0. The predicted molar refractivity (Wildman–Crippen MR) is 65.7 cm³/mol. The van der Waals surface area contributed by atoms with Crippen LogP contribution >= 0.6 is 0 Å². The van der Waals surface area contributed by atoms with E-state index in [-0.39, 0.29) is 11.2 Å². The second kappa shape index (κ2) is 5.05. The predicted octanol–water partition coefficient (Wildman–Crippen LogP) is 3.69. The molecule has 0 unspecified atom stereocenters. The van der Waals surface area contributed by atoms with Crippen molar-refractivity contribution < 1.29 is 9.47 Å². The Balaban J connectivity index is 1.76. The summed E-state index contributed by atoms with van der Waals surface area (Å²) in [5.74, 6) is 0. The van der Waals surface area contributed by atoms with Crippen molar-refractivity contribution in [2.45, 2.75) is 76.4 Å². The number of hydrogen-bond acceptors (Lipinski definition) is 2. The van der Waals surface area contributed by atoms with Gasteiger partial charge in [0, 0.05) is 13.2 Å². The minimum atomic E-state index is 0.135. The van der Waals surface area contributed by atoms with Gasteiger partial charge in [-0.1, -0.05) is 26.7 Å². The molecule has 0 bridgehead atoms. The van der Waals surface area contributed by atoms with Crippen molar-refractivity contribution in [2.75, 3.05) is 13.2 Å². The maximum Gasteiger partial charge on any atom is 0.0972 e. The molecule has 2 fully saturated rings. The Labute approximate surface area is 99.7 Å². The molecule has 0 saturated heterocycles. The van der Waals surface area contributed by atoms with E-state index in [2.05, 4.69) is 13.8 Å². The highest BCUT2D eigenvalue weighted by Gasteiger charge is 2.67. The van der Waals surface area contributed by atoms with Gasteiger partial charge in [0.05, 0.1) is 11.2 Å². The third-order valence-corrected chi connectivity index (χ3v) is 3.99. The Morgan fingerprint density at radius 3 is 1.38 bits per heavy atom. The third-order valence-electron chi connectivity index (χ3n) is 3.99. The van der Waals surface area contributed by atoms with Crippen molar-refractivity contribution in [1.82, 2.24) is 0 Å². The Morgan fingerprint density at radius 1 is 0.750 bits per heavy atom. The Morgan fingerprint density at radius 2 is 1.12 bits per heavy atom. The van der Waals surface area contributed by atoms with Gasteiger partial charge in [0.25, 0.3) is 0 Å². The molecule has 0 aromatic rings. The Kier molecular flexibility index (Phi) is 3.91. The molecule has 2 rings (SSSR count). The quantitative estimate of drug-likeness (QED) is 0.558. The largest absolute Gasteiger partial charge is 0.372 e. The molecule has 0 N–H and O–H groups in total. The third kappa shape index (κ3) is 2.43. The standard InChI is InChI=1S/C14H26O2/c1-3-5-11-15-13(7-8-13)14(9-10-14)16-12-6-4-2/h3-12H2,1-2H3. The van der Waals surface area contributed by atoms with E-state index in [9.17, 15) is 0 Å². The molecule has 0 aliphatic heterocycles. The molecular formula is C14H26O2. The van der Waals surface area contributed by atoms with E-state index in [4.69, 9.17) is 9.47 Å². The highest BCUT2D eigenvalue weighted by molar-refractivity contribution is 5.20. The van der Waals surface area contributed by atoms with Crippen molar-refractivity contribution in [3.8, 4) is 0 Å². The normalized spacial score (nSPS) is 24.4. The van der Waals surface area contributed by atoms with Gasteiger partial charge in [-0.15, -0.1) is 0 Å². The molecule has 94 valence electrons. The van der Waals surface area contributed by atoms with Crippen molar-refractivity contribution >= 4 is 0 Å². The summed E-state index contributed by atoms with van der Waals surface area (Å²) < 4.78 is 12.2. The van der Waals surface area contributed by atoms with Crippen molar-refractivity contribution in [2.24, 2.45) is 0 Å². The van der Waals surface area contributed by atoms with Crippen LogP contribution in [-0.2, 0) is 9.47 Å². The number of ether oxygens (including phenoxy) is 2. The fraction of sp³-hybridized carbons (Fsp3) is 1.00. The summed E-state index contributed by atoms with van der Waals surface area (Å²) in [6, 6.07) is 0. The van der Waals surface area contributed by atoms with Crippen LogP contribution in [0.3, 0.4) is 0 Å². The summed E-state index contributed by atoms with van der Waals surface area (Å²) in [6.45, 7) is 6.28. The van der Waals surface area contributed by atoms with E-state index in [0.717, 1.165) is 13.2 Å². The highest BCUT2D eigenvalue weighted by Crippen LogP contribution is 2.61. The van der Waals surface area contributed by atoms with Crippen molar-refractivity contribution in [3.63, 3.8) is 0 Å². The monoisotopic (exact) mass is 226 g/mol. The molecular weight excluding hydrogens is 200 g/mol. The molecule has 0 aromatic heterocycles. The highest BCUT2D eigenvalue weighted by atomic mass is 16.6. The summed E-state index contributed by atoms with van der Waals surface area (Å²) in [5.41, 5.74) is 0.270. The van der Waals surface area contributed by atoms with E-state index in [1.165, 1.54) is 51.4 Å². The molecule has 2 heteroatoms. The maximum absolute atomic E-state index is 6.11. The van der Waals surface area contributed by atoms with Crippen LogP contribution in [0.5, 0.6) is 0 Å². The molecule has 2 aliphatic carbocycles. The minimum absolute atomic E-state index is 0.135. The second-order valence-electron chi connectivity index (χ2n) is 5.39. The SMILES string of the molecule is CCCCOC1(C2(OCCCC)CC2)CC1. The first-order chi connectivity index (χ1) is 7.79. The van der Waals surface area contributed by atoms with E-state index >= 15 is 0 Å². The molecule has 16 heavy (non-hydrogen) atoms. The van der Waals surface area contributed by atoms with Crippen LogP contribution in [0.15, 0.2) is 0 Å². The first-order valence-electron chi connectivity index (χ1n) is 7.06. The van der Waals surface area contributed by atoms with E-state index in [0.29, 0.717) is 0 Å². The average Bonchev–Trinajstić information content (AvgIpc) is 3.13. The zero-order chi connectivity index (χ0) is 11.5. The lowest BCUT2D eigenvalue weighted by Crippen LogP contribution is -2.36. The van der Waals surface area contributed by atoms with Gasteiger partial charge < -0.3 is 9.47 Å². The van der Waals surface area contributed by atoms with Gasteiger partial charge >= 0.3 is 0 Å². The zero-order valence-electron chi connectivity index (χ0n) is 10.9. The smallest absolute Gasteiger partial charge is 0.0972 e. The molecule has 0 heterocycles. The van der Waals surface area contributed by atoms with Gasteiger partial charge in [-0.25, -0.2) is 0 Å².